The lowest BCUT2D eigenvalue weighted by atomic mass is 10.2. The SMILES string of the molecule is COCCn1ccnc1NC(C)CCN(C)C. The molecule has 0 saturated heterocycles. The van der Waals surface area contributed by atoms with Crippen molar-refractivity contribution in [2.45, 2.75) is 25.9 Å². The molecule has 0 aliphatic rings. The minimum absolute atomic E-state index is 0.418. The largest absolute Gasteiger partial charge is 0.383 e. The second-order valence-corrected chi connectivity index (χ2v) is 4.57. The van der Waals surface area contributed by atoms with Gasteiger partial charge >= 0.3 is 0 Å². The number of ether oxygens (including phenoxy) is 1. The highest BCUT2D eigenvalue weighted by Crippen LogP contribution is 2.07. The summed E-state index contributed by atoms with van der Waals surface area (Å²) in [7, 11) is 5.89. The predicted octanol–water partition coefficient (Wildman–Crippen LogP) is 1.28. The number of hydrogen-bond acceptors (Lipinski definition) is 4. The molecule has 1 aromatic rings. The fraction of sp³-hybridized carbons (Fsp3) is 0.750. The molecule has 1 heterocycles. The Kier molecular flexibility index (Phi) is 6.00. The number of hydrogen-bond donors (Lipinski definition) is 1. The topological polar surface area (TPSA) is 42.3 Å². The Morgan fingerprint density at radius 1 is 1.53 bits per heavy atom. The molecule has 0 saturated carbocycles. The summed E-state index contributed by atoms with van der Waals surface area (Å²) < 4.78 is 7.15. The zero-order valence-electron chi connectivity index (χ0n) is 11.3. The lowest BCUT2D eigenvalue weighted by Crippen LogP contribution is -2.24. The van der Waals surface area contributed by atoms with Gasteiger partial charge in [-0.25, -0.2) is 4.98 Å². The van der Waals surface area contributed by atoms with Crippen LogP contribution in [0.25, 0.3) is 0 Å². The summed E-state index contributed by atoms with van der Waals surface area (Å²) in [4.78, 5) is 6.51. The Balaban J connectivity index is 2.41. The molecule has 0 amide bonds. The second-order valence-electron chi connectivity index (χ2n) is 4.57. The van der Waals surface area contributed by atoms with Crippen LogP contribution in [0.15, 0.2) is 12.4 Å². The number of rotatable bonds is 8. The minimum Gasteiger partial charge on any atom is -0.383 e. The first-order chi connectivity index (χ1) is 8.13. The van der Waals surface area contributed by atoms with E-state index in [1.165, 1.54) is 0 Å². The number of nitrogens with zero attached hydrogens (tertiary/aromatic N) is 3. The number of methoxy groups -OCH3 is 1. The van der Waals surface area contributed by atoms with Crippen LogP contribution in [0.3, 0.4) is 0 Å². The van der Waals surface area contributed by atoms with Gasteiger partial charge in [-0.05, 0) is 34.0 Å². The van der Waals surface area contributed by atoms with E-state index in [0.717, 1.165) is 25.5 Å². The van der Waals surface area contributed by atoms with Crippen LogP contribution in [0.5, 0.6) is 0 Å². The maximum atomic E-state index is 5.07. The standard InChI is InChI=1S/C12H24N4O/c1-11(5-7-15(2)3)14-12-13-6-8-16(12)9-10-17-4/h6,8,11H,5,7,9-10H2,1-4H3,(H,13,14). The maximum absolute atomic E-state index is 5.07. The van der Waals surface area contributed by atoms with Crippen LogP contribution in [0.1, 0.15) is 13.3 Å². The predicted molar refractivity (Wildman–Crippen MR) is 70.4 cm³/mol. The molecule has 0 radical (unpaired) electrons. The van der Waals surface area contributed by atoms with Crippen LogP contribution in [0.4, 0.5) is 5.95 Å². The maximum Gasteiger partial charge on any atom is 0.203 e. The van der Waals surface area contributed by atoms with E-state index in [4.69, 9.17) is 4.74 Å². The van der Waals surface area contributed by atoms with E-state index in [-0.39, 0.29) is 0 Å². The van der Waals surface area contributed by atoms with Crippen LogP contribution in [0, 0.1) is 0 Å². The third-order valence-corrected chi connectivity index (χ3v) is 2.64. The van der Waals surface area contributed by atoms with Gasteiger partial charge < -0.3 is 19.5 Å². The number of nitrogens with one attached hydrogen (secondary N) is 1. The van der Waals surface area contributed by atoms with Crippen LogP contribution >= 0.6 is 0 Å². The van der Waals surface area contributed by atoms with E-state index in [9.17, 15) is 0 Å². The quantitative estimate of drug-likeness (QED) is 0.743. The van der Waals surface area contributed by atoms with Crippen LogP contribution in [-0.4, -0.2) is 54.8 Å². The summed E-state index contributed by atoms with van der Waals surface area (Å²) in [6.07, 6.45) is 4.89. The Morgan fingerprint density at radius 2 is 2.29 bits per heavy atom. The molecule has 5 nitrogen and oxygen atoms in total. The summed E-state index contributed by atoms with van der Waals surface area (Å²) in [5.41, 5.74) is 0. The lowest BCUT2D eigenvalue weighted by molar-refractivity contribution is 0.187. The van der Waals surface area contributed by atoms with Gasteiger partial charge in [-0.2, -0.15) is 0 Å². The highest BCUT2D eigenvalue weighted by Gasteiger charge is 2.07. The average Bonchev–Trinajstić information content (AvgIpc) is 2.71. The van der Waals surface area contributed by atoms with Gasteiger partial charge in [0.2, 0.25) is 5.95 Å². The van der Waals surface area contributed by atoms with Gasteiger partial charge in [0.1, 0.15) is 0 Å². The molecule has 1 aromatic heterocycles. The van der Waals surface area contributed by atoms with Crippen LogP contribution in [0.2, 0.25) is 0 Å². The van der Waals surface area contributed by atoms with Crippen molar-refractivity contribution >= 4 is 5.95 Å². The minimum atomic E-state index is 0.418. The third kappa shape index (κ3) is 5.19. The lowest BCUT2D eigenvalue weighted by Gasteiger charge is -2.18. The molecule has 0 bridgehead atoms. The van der Waals surface area contributed by atoms with Crippen molar-refractivity contribution in [2.24, 2.45) is 0 Å². The Bertz CT molecular complexity index is 311. The molecule has 1 N–H and O–H groups in total. The molecule has 0 spiro atoms. The molecule has 98 valence electrons. The van der Waals surface area contributed by atoms with Crippen molar-refractivity contribution in [3.05, 3.63) is 12.4 Å². The molecule has 0 fully saturated rings. The summed E-state index contributed by atoms with van der Waals surface area (Å²) in [5.74, 6) is 0.924. The van der Waals surface area contributed by atoms with E-state index in [2.05, 4.69) is 40.8 Å². The summed E-state index contributed by atoms with van der Waals surface area (Å²) in [5, 5.41) is 3.42. The van der Waals surface area contributed by atoms with Crippen molar-refractivity contribution in [2.75, 3.05) is 39.7 Å². The van der Waals surface area contributed by atoms with E-state index in [0.29, 0.717) is 12.6 Å². The van der Waals surface area contributed by atoms with E-state index in [1.54, 1.807) is 7.11 Å². The fourth-order valence-corrected chi connectivity index (χ4v) is 1.56. The first-order valence-corrected chi connectivity index (χ1v) is 6.05. The van der Waals surface area contributed by atoms with Gasteiger partial charge in [0.15, 0.2) is 0 Å². The molecule has 0 aliphatic heterocycles. The Labute approximate surface area is 104 Å². The monoisotopic (exact) mass is 240 g/mol. The number of imidazole rings is 1. The molecule has 17 heavy (non-hydrogen) atoms. The molecule has 1 atom stereocenters. The summed E-state index contributed by atoms with van der Waals surface area (Å²) >= 11 is 0. The first kappa shape index (κ1) is 14.0. The Hall–Kier alpha value is -1.07. The van der Waals surface area contributed by atoms with Gasteiger partial charge in [-0.3, -0.25) is 0 Å². The normalized spacial score (nSPS) is 13.0. The molecule has 0 aromatic carbocycles. The first-order valence-electron chi connectivity index (χ1n) is 6.05. The van der Waals surface area contributed by atoms with Crippen molar-refractivity contribution in [1.82, 2.24) is 14.5 Å². The molecule has 0 aliphatic carbocycles. The molecule has 1 unspecified atom stereocenters. The van der Waals surface area contributed by atoms with Gasteiger partial charge in [0, 0.05) is 32.1 Å². The summed E-state index contributed by atoms with van der Waals surface area (Å²) in [6, 6.07) is 0.418. The van der Waals surface area contributed by atoms with Crippen LogP contribution in [-0.2, 0) is 11.3 Å². The smallest absolute Gasteiger partial charge is 0.203 e. The van der Waals surface area contributed by atoms with Crippen molar-refractivity contribution < 1.29 is 4.74 Å². The average molecular weight is 240 g/mol. The van der Waals surface area contributed by atoms with Gasteiger partial charge in [0.25, 0.3) is 0 Å². The van der Waals surface area contributed by atoms with Gasteiger partial charge in [-0.15, -0.1) is 0 Å². The third-order valence-electron chi connectivity index (χ3n) is 2.64. The molecular weight excluding hydrogens is 216 g/mol. The van der Waals surface area contributed by atoms with Crippen molar-refractivity contribution in [3.8, 4) is 0 Å². The van der Waals surface area contributed by atoms with Crippen LogP contribution < -0.4 is 5.32 Å². The zero-order chi connectivity index (χ0) is 12.7. The highest BCUT2D eigenvalue weighted by molar-refractivity contribution is 5.27. The van der Waals surface area contributed by atoms with E-state index < -0.39 is 0 Å². The van der Waals surface area contributed by atoms with Crippen molar-refractivity contribution in [1.29, 1.82) is 0 Å². The number of anilines is 1. The molecule has 5 heteroatoms. The fourth-order valence-electron chi connectivity index (χ4n) is 1.56. The van der Waals surface area contributed by atoms with E-state index >= 15 is 0 Å². The summed E-state index contributed by atoms with van der Waals surface area (Å²) in [6.45, 7) is 4.79. The zero-order valence-corrected chi connectivity index (χ0v) is 11.3. The number of aromatic nitrogens is 2. The van der Waals surface area contributed by atoms with E-state index in [1.807, 2.05) is 12.4 Å². The molecule has 1 rings (SSSR count). The highest BCUT2D eigenvalue weighted by atomic mass is 16.5. The Morgan fingerprint density at radius 3 is 2.94 bits per heavy atom. The van der Waals surface area contributed by atoms with Gasteiger partial charge in [-0.1, -0.05) is 0 Å². The van der Waals surface area contributed by atoms with Gasteiger partial charge in [0.05, 0.1) is 6.61 Å². The van der Waals surface area contributed by atoms with Crippen molar-refractivity contribution in [3.63, 3.8) is 0 Å². The molecular formula is C12H24N4O. The second kappa shape index (κ2) is 7.29.